The van der Waals surface area contributed by atoms with E-state index in [4.69, 9.17) is 5.73 Å². The first-order valence-electron chi connectivity index (χ1n) is 17.4. The predicted octanol–water partition coefficient (Wildman–Crippen LogP) is 3.01. The topological polar surface area (TPSA) is 172 Å². The fourth-order valence-electron chi connectivity index (χ4n) is 5.42. The van der Waals surface area contributed by atoms with Gasteiger partial charge in [0, 0.05) is 18.9 Å². The summed E-state index contributed by atoms with van der Waals surface area (Å²) in [5.74, 6) is -2.40. The van der Waals surface area contributed by atoms with Crippen molar-refractivity contribution in [2.24, 2.45) is 23.5 Å². The van der Waals surface area contributed by atoms with Gasteiger partial charge in [-0.1, -0.05) is 102 Å². The highest BCUT2D eigenvalue weighted by molar-refractivity contribution is 5.96. The van der Waals surface area contributed by atoms with E-state index in [1.165, 1.54) is 0 Å². The molecule has 0 heterocycles. The van der Waals surface area contributed by atoms with Crippen LogP contribution in [0.1, 0.15) is 79.4 Å². The van der Waals surface area contributed by atoms with Crippen LogP contribution in [-0.2, 0) is 36.8 Å². The van der Waals surface area contributed by atoms with Crippen LogP contribution in [0.3, 0.4) is 0 Å². The van der Waals surface area contributed by atoms with Crippen molar-refractivity contribution in [3.05, 3.63) is 71.8 Å². The Balaban J connectivity index is 2.36. The van der Waals surface area contributed by atoms with Gasteiger partial charge in [-0.3, -0.25) is 24.0 Å². The summed E-state index contributed by atoms with van der Waals surface area (Å²) in [6, 6.07) is 13.7. The lowest BCUT2D eigenvalue weighted by Crippen LogP contribution is -2.60. The highest BCUT2D eigenvalue weighted by Crippen LogP contribution is 2.12. The minimum Gasteiger partial charge on any atom is -0.352 e. The van der Waals surface area contributed by atoms with E-state index in [1.54, 1.807) is 13.8 Å². The van der Waals surface area contributed by atoms with Crippen molar-refractivity contribution >= 4 is 29.5 Å². The number of rotatable bonds is 19. The number of amides is 5. The molecule has 270 valence electrons. The number of carbonyl (C=O) groups is 5. The zero-order chi connectivity index (χ0) is 36.7. The molecule has 2 aromatic carbocycles. The second-order valence-corrected chi connectivity index (χ2v) is 14.3. The van der Waals surface area contributed by atoms with Crippen LogP contribution in [0.15, 0.2) is 60.7 Å². The predicted molar refractivity (Wildman–Crippen MR) is 193 cm³/mol. The van der Waals surface area contributed by atoms with Gasteiger partial charge < -0.3 is 32.3 Å². The average molecular weight is 679 g/mol. The normalized spacial score (nSPS) is 14.5. The number of benzene rings is 2. The van der Waals surface area contributed by atoms with Gasteiger partial charge in [0.05, 0.1) is 6.04 Å². The van der Waals surface area contributed by atoms with Crippen molar-refractivity contribution in [2.75, 3.05) is 0 Å². The summed E-state index contributed by atoms with van der Waals surface area (Å²) in [6.45, 7) is 15.1. The van der Waals surface area contributed by atoms with E-state index < -0.39 is 53.8 Å². The van der Waals surface area contributed by atoms with E-state index in [1.807, 2.05) is 102 Å². The Morgan fingerprint density at radius 2 is 0.918 bits per heavy atom. The van der Waals surface area contributed by atoms with E-state index >= 15 is 0 Å². The minimum absolute atomic E-state index is 0.108. The molecule has 5 atom stereocenters. The molecular weight excluding hydrogens is 620 g/mol. The van der Waals surface area contributed by atoms with Crippen molar-refractivity contribution in [1.82, 2.24) is 26.6 Å². The van der Waals surface area contributed by atoms with E-state index in [9.17, 15) is 24.0 Å². The quantitative estimate of drug-likeness (QED) is 0.133. The summed E-state index contributed by atoms with van der Waals surface area (Å²) in [5.41, 5.74) is 7.76. The van der Waals surface area contributed by atoms with Crippen LogP contribution in [0.4, 0.5) is 0 Å². The lowest BCUT2D eigenvalue weighted by Gasteiger charge is -2.29. The molecule has 11 heteroatoms. The number of nitrogens with one attached hydrogen (secondary N) is 5. The van der Waals surface area contributed by atoms with Gasteiger partial charge in [-0.15, -0.1) is 0 Å². The van der Waals surface area contributed by atoms with Gasteiger partial charge in [-0.05, 0) is 55.6 Å². The summed E-state index contributed by atoms with van der Waals surface area (Å²) in [6.07, 6.45) is 1.18. The molecule has 49 heavy (non-hydrogen) atoms. The lowest BCUT2D eigenvalue weighted by atomic mass is 9.98. The van der Waals surface area contributed by atoms with Crippen LogP contribution in [0.5, 0.6) is 0 Å². The summed E-state index contributed by atoms with van der Waals surface area (Å²) < 4.78 is 0. The Hall–Kier alpha value is -4.25. The zero-order valence-corrected chi connectivity index (χ0v) is 30.4. The molecule has 7 N–H and O–H groups in total. The largest absolute Gasteiger partial charge is 0.352 e. The molecular formula is C38H58N6O5. The smallest absolute Gasteiger partial charge is 0.243 e. The second kappa shape index (κ2) is 20.3. The fourth-order valence-corrected chi connectivity index (χ4v) is 5.42. The molecule has 2 rings (SSSR count). The minimum atomic E-state index is -1.08. The highest BCUT2D eigenvalue weighted by Gasteiger charge is 2.33. The Kier molecular flexibility index (Phi) is 17.0. The summed E-state index contributed by atoms with van der Waals surface area (Å²) in [5, 5.41) is 14.2. The third-order valence-electron chi connectivity index (χ3n) is 7.91. The number of hydrogen-bond acceptors (Lipinski definition) is 6. The first-order valence-corrected chi connectivity index (χ1v) is 17.4. The highest BCUT2D eigenvalue weighted by atomic mass is 16.2. The maximum atomic E-state index is 14.0. The van der Waals surface area contributed by atoms with E-state index in [0.29, 0.717) is 12.8 Å². The van der Waals surface area contributed by atoms with Gasteiger partial charge in [-0.25, -0.2) is 0 Å². The Morgan fingerprint density at radius 3 is 1.35 bits per heavy atom. The molecule has 0 saturated carbocycles. The van der Waals surface area contributed by atoms with Gasteiger partial charge in [0.1, 0.15) is 24.2 Å². The number of carbonyl (C=O) groups excluding carboxylic acids is 5. The summed E-state index contributed by atoms with van der Waals surface area (Å²) >= 11 is 0. The maximum absolute atomic E-state index is 14.0. The second-order valence-electron chi connectivity index (χ2n) is 14.3. The SMILES string of the molecule is CC(C)C[C@@H](N)C(=O)N[C@H](Cc1ccccc1)C(=O)N[C@H](Cc1ccccc1)C(=O)N[C@@H](C(=O)N[C@H](CC(C)C)C(=O)NC(C)C)C(C)C. The van der Waals surface area contributed by atoms with Crippen molar-refractivity contribution in [1.29, 1.82) is 0 Å². The first kappa shape index (κ1) is 40.9. The van der Waals surface area contributed by atoms with Gasteiger partial charge in [0.2, 0.25) is 29.5 Å². The molecule has 0 aliphatic rings. The van der Waals surface area contributed by atoms with Crippen molar-refractivity contribution in [3.8, 4) is 0 Å². The maximum Gasteiger partial charge on any atom is 0.243 e. The van der Waals surface area contributed by atoms with Gasteiger partial charge in [0.25, 0.3) is 0 Å². The van der Waals surface area contributed by atoms with Crippen molar-refractivity contribution in [3.63, 3.8) is 0 Å². The fraction of sp³-hybridized carbons (Fsp3) is 0.553. The standard InChI is InChI=1S/C38H58N6O5/c1-23(2)19-29(39)34(45)41-31(21-27-15-11-9-12-16-27)36(47)42-32(22-28-17-13-10-14-18-28)37(48)44-33(25(5)6)38(49)43-30(20-24(3)4)35(46)40-26(7)8/h9-18,23-26,29-33H,19-22,39H2,1-8H3,(H,40,46)(H,41,45)(H,42,47)(H,43,49)(H,44,48)/t29-,30-,31-,32-,33-/m1/s1. The molecule has 0 aliphatic heterocycles. The molecule has 2 aromatic rings. The van der Waals surface area contributed by atoms with Crippen LogP contribution in [0.25, 0.3) is 0 Å². The Morgan fingerprint density at radius 1 is 0.510 bits per heavy atom. The van der Waals surface area contributed by atoms with Crippen LogP contribution in [-0.4, -0.2) is 65.8 Å². The molecule has 11 nitrogen and oxygen atoms in total. The molecule has 0 spiro atoms. The first-order chi connectivity index (χ1) is 23.1. The van der Waals surface area contributed by atoms with E-state index in [2.05, 4.69) is 26.6 Å². The molecule has 0 saturated heterocycles. The molecule has 0 bridgehead atoms. The van der Waals surface area contributed by atoms with Gasteiger partial charge >= 0.3 is 0 Å². The third-order valence-corrected chi connectivity index (χ3v) is 7.91. The monoisotopic (exact) mass is 678 g/mol. The van der Waals surface area contributed by atoms with Crippen LogP contribution in [0, 0.1) is 17.8 Å². The number of nitrogens with two attached hydrogens (primary N) is 1. The van der Waals surface area contributed by atoms with Crippen molar-refractivity contribution < 1.29 is 24.0 Å². The molecule has 0 aromatic heterocycles. The Bertz CT molecular complexity index is 1350. The van der Waals surface area contributed by atoms with Crippen molar-refractivity contribution in [2.45, 2.75) is 117 Å². The average Bonchev–Trinajstić information content (AvgIpc) is 3.02. The van der Waals surface area contributed by atoms with Crippen LogP contribution < -0.4 is 32.3 Å². The number of hydrogen-bond donors (Lipinski definition) is 6. The third kappa shape index (κ3) is 14.8. The van der Waals surface area contributed by atoms with E-state index in [-0.39, 0.29) is 42.5 Å². The lowest BCUT2D eigenvalue weighted by molar-refractivity contribution is -0.135. The van der Waals surface area contributed by atoms with Crippen LogP contribution >= 0.6 is 0 Å². The van der Waals surface area contributed by atoms with Crippen LogP contribution in [0.2, 0.25) is 0 Å². The molecule has 0 aliphatic carbocycles. The molecule has 0 radical (unpaired) electrons. The molecule has 5 amide bonds. The summed E-state index contributed by atoms with van der Waals surface area (Å²) in [7, 11) is 0. The molecule has 0 fully saturated rings. The van der Waals surface area contributed by atoms with Gasteiger partial charge in [0.15, 0.2) is 0 Å². The summed E-state index contributed by atoms with van der Waals surface area (Å²) in [4.78, 5) is 67.6. The molecule has 0 unspecified atom stereocenters. The zero-order valence-electron chi connectivity index (χ0n) is 30.4. The van der Waals surface area contributed by atoms with E-state index in [0.717, 1.165) is 11.1 Å². The Labute approximate surface area is 292 Å². The van der Waals surface area contributed by atoms with Gasteiger partial charge in [-0.2, -0.15) is 0 Å².